The molecule has 4 nitrogen and oxygen atoms in total. The minimum absolute atomic E-state index is 0. The SMILES string of the molecule is CCCCCC(O)/C=C/C1C(O)CC2C=C(CCCCP(C)(=O)[O-])CC21.[Na+]. The van der Waals surface area contributed by atoms with Gasteiger partial charge >= 0.3 is 29.6 Å². The van der Waals surface area contributed by atoms with Crippen molar-refractivity contribution in [2.45, 2.75) is 76.9 Å². The van der Waals surface area contributed by atoms with Crippen molar-refractivity contribution in [2.75, 3.05) is 12.8 Å². The van der Waals surface area contributed by atoms with Gasteiger partial charge in [-0.05, 0) is 63.2 Å². The quantitative estimate of drug-likeness (QED) is 0.231. The third kappa shape index (κ3) is 8.86. The van der Waals surface area contributed by atoms with Crippen LogP contribution < -0.4 is 34.5 Å². The van der Waals surface area contributed by atoms with Crippen molar-refractivity contribution in [3.8, 4) is 0 Å². The van der Waals surface area contributed by atoms with Gasteiger partial charge in [-0.15, -0.1) is 0 Å². The van der Waals surface area contributed by atoms with Crippen molar-refractivity contribution in [1.82, 2.24) is 0 Å². The maximum absolute atomic E-state index is 11.2. The number of hydrogen-bond acceptors (Lipinski definition) is 4. The summed E-state index contributed by atoms with van der Waals surface area (Å²) in [6.45, 7) is 3.48. The monoisotopic (exact) mass is 406 g/mol. The molecule has 2 N–H and O–H groups in total. The summed E-state index contributed by atoms with van der Waals surface area (Å²) in [4.78, 5) is 11.2. The fraction of sp³-hybridized carbons (Fsp3) is 0.810. The van der Waals surface area contributed by atoms with Crippen LogP contribution in [0.5, 0.6) is 0 Å². The van der Waals surface area contributed by atoms with Gasteiger partial charge in [0.05, 0.1) is 12.2 Å². The maximum atomic E-state index is 11.2. The molecule has 1 fully saturated rings. The Hall–Kier alpha value is 0.590. The summed E-state index contributed by atoms with van der Waals surface area (Å²) in [5.74, 6) is 1.01. The molecule has 6 heteroatoms. The Labute approximate surface area is 187 Å². The minimum atomic E-state index is -3.13. The zero-order chi connectivity index (χ0) is 19.2. The van der Waals surface area contributed by atoms with Crippen LogP contribution in [0.3, 0.4) is 0 Å². The van der Waals surface area contributed by atoms with Crippen molar-refractivity contribution >= 4 is 7.37 Å². The molecule has 2 aliphatic carbocycles. The van der Waals surface area contributed by atoms with Gasteiger partial charge in [0, 0.05) is 13.3 Å². The molecule has 0 saturated heterocycles. The molecule has 2 aliphatic rings. The molecule has 0 spiro atoms. The minimum Gasteiger partial charge on any atom is -0.799 e. The van der Waals surface area contributed by atoms with Gasteiger partial charge in [-0.2, -0.15) is 0 Å². The smallest absolute Gasteiger partial charge is 0.799 e. The summed E-state index contributed by atoms with van der Waals surface area (Å²) in [6, 6.07) is 0. The van der Waals surface area contributed by atoms with Gasteiger partial charge in [0.15, 0.2) is 0 Å². The van der Waals surface area contributed by atoms with Crippen molar-refractivity contribution in [3.63, 3.8) is 0 Å². The number of unbranched alkanes of at least 4 members (excludes halogenated alkanes) is 3. The van der Waals surface area contributed by atoms with Gasteiger partial charge in [0.1, 0.15) is 0 Å². The molecule has 2 rings (SSSR count). The molecule has 0 amide bonds. The first-order chi connectivity index (χ1) is 12.3. The molecule has 0 bridgehead atoms. The Morgan fingerprint density at radius 1 is 1.33 bits per heavy atom. The van der Waals surface area contributed by atoms with Gasteiger partial charge in [-0.25, -0.2) is 0 Å². The maximum Gasteiger partial charge on any atom is 1.00 e. The van der Waals surface area contributed by atoms with E-state index in [1.807, 2.05) is 12.2 Å². The van der Waals surface area contributed by atoms with Crippen molar-refractivity contribution in [2.24, 2.45) is 17.8 Å². The Kier molecular flexibility index (Phi) is 11.7. The Balaban J connectivity index is 0.00000364. The average Bonchev–Trinajstić information content (AvgIpc) is 3.06. The van der Waals surface area contributed by atoms with E-state index >= 15 is 0 Å². The Morgan fingerprint density at radius 3 is 2.74 bits per heavy atom. The molecule has 0 aromatic heterocycles. The average molecular weight is 406 g/mol. The zero-order valence-corrected chi connectivity index (χ0v) is 20.2. The van der Waals surface area contributed by atoms with Crippen LogP contribution in [0.2, 0.25) is 0 Å². The molecule has 0 heterocycles. The van der Waals surface area contributed by atoms with Crippen LogP contribution in [0.4, 0.5) is 0 Å². The Morgan fingerprint density at radius 2 is 2.07 bits per heavy atom. The van der Waals surface area contributed by atoms with E-state index in [2.05, 4.69) is 13.0 Å². The van der Waals surface area contributed by atoms with Crippen LogP contribution in [0.15, 0.2) is 23.8 Å². The van der Waals surface area contributed by atoms with E-state index in [1.165, 1.54) is 12.2 Å². The fourth-order valence-electron chi connectivity index (χ4n) is 4.50. The van der Waals surface area contributed by atoms with Crippen molar-refractivity contribution in [3.05, 3.63) is 23.8 Å². The number of aliphatic hydroxyl groups excluding tert-OH is 2. The zero-order valence-electron chi connectivity index (χ0n) is 17.3. The normalized spacial score (nSPS) is 30.6. The van der Waals surface area contributed by atoms with Crippen LogP contribution in [0.25, 0.3) is 0 Å². The van der Waals surface area contributed by atoms with Gasteiger partial charge in [-0.1, -0.05) is 50.0 Å². The first kappa shape index (κ1) is 25.6. The second-order valence-corrected chi connectivity index (χ2v) is 10.9. The van der Waals surface area contributed by atoms with E-state index in [4.69, 9.17) is 0 Å². The van der Waals surface area contributed by atoms with Gasteiger partial charge in [0.2, 0.25) is 0 Å². The number of hydrogen-bond donors (Lipinski definition) is 2. The van der Waals surface area contributed by atoms with Gasteiger partial charge in [0.25, 0.3) is 0 Å². The molecular weight excluding hydrogens is 370 g/mol. The van der Waals surface area contributed by atoms with Gasteiger partial charge in [-0.3, -0.25) is 0 Å². The molecule has 6 unspecified atom stereocenters. The molecule has 0 aromatic rings. The first-order valence-electron chi connectivity index (χ1n) is 10.3. The molecule has 1 saturated carbocycles. The molecule has 0 radical (unpaired) electrons. The van der Waals surface area contributed by atoms with Crippen LogP contribution >= 0.6 is 7.37 Å². The summed E-state index contributed by atoms with van der Waals surface area (Å²) in [6.07, 6.45) is 14.4. The number of rotatable bonds is 11. The van der Waals surface area contributed by atoms with E-state index < -0.39 is 13.5 Å². The second-order valence-electron chi connectivity index (χ2n) is 8.38. The summed E-state index contributed by atoms with van der Waals surface area (Å²) in [5, 5.41) is 20.5. The van der Waals surface area contributed by atoms with Gasteiger partial charge < -0.3 is 19.7 Å². The number of fused-ring (bicyclic) bond motifs is 1. The largest absolute Gasteiger partial charge is 1.00 e. The molecule has 0 aromatic carbocycles. The first-order valence-corrected chi connectivity index (χ1v) is 12.6. The molecule has 0 aliphatic heterocycles. The van der Waals surface area contributed by atoms with E-state index in [0.29, 0.717) is 18.0 Å². The Bertz CT molecular complexity index is 542. The molecule has 6 atom stereocenters. The predicted octanol–water partition coefficient (Wildman–Crippen LogP) is 0.870. The molecular formula is C21H36NaO4P. The summed E-state index contributed by atoms with van der Waals surface area (Å²) >= 11 is 0. The fourth-order valence-corrected chi connectivity index (χ4v) is 5.30. The van der Waals surface area contributed by atoms with Crippen molar-refractivity contribution in [1.29, 1.82) is 0 Å². The molecule has 150 valence electrons. The standard InChI is InChI=1S/C21H37O4P.Na/c1-3-4-5-9-18(22)10-11-19-20-14-16(13-17(20)15-21(19)23)8-6-7-12-26(2,24)25;/h10-11,13,17-23H,3-9,12,14-15H2,1-2H3,(H,24,25);/q;+1/p-1/b11-10+;. The van der Waals surface area contributed by atoms with E-state index in [1.54, 1.807) is 0 Å². The third-order valence-electron chi connectivity index (χ3n) is 5.92. The number of aliphatic hydroxyl groups is 2. The predicted molar refractivity (Wildman–Crippen MR) is 105 cm³/mol. The van der Waals surface area contributed by atoms with Crippen LogP contribution in [-0.2, 0) is 4.57 Å². The van der Waals surface area contributed by atoms with Crippen LogP contribution in [-0.4, -0.2) is 35.2 Å². The molecule has 27 heavy (non-hydrogen) atoms. The van der Waals surface area contributed by atoms with Crippen LogP contribution in [0.1, 0.15) is 64.7 Å². The summed E-state index contributed by atoms with van der Waals surface area (Å²) < 4.78 is 11.2. The summed E-state index contributed by atoms with van der Waals surface area (Å²) in [7, 11) is -3.13. The second kappa shape index (κ2) is 12.3. The third-order valence-corrected chi connectivity index (χ3v) is 7.05. The summed E-state index contributed by atoms with van der Waals surface area (Å²) in [5.41, 5.74) is 1.42. The van der Waals surface area contributed by atoms with E-state index in [9.17, 15) is 19.7 Å². The van der Waals surface area contributed by atoms with Crippen molar-refractivity contribution < 1.29 is 49.2 Å². The topological polar surface area (TPSA) is 80.6 Å². The van der Waals surface area contributed by atoms with Crippen LogP contribution in [0, 0.1) is 17.8 Å². The number of allylic oxidation sites excluding steroid dienone is 2. The van der Waals surface area contributed by atoms with E-state index in [-0.39, 0.29) is 41.6 Å². The van der Waals surface area contributed by atoms with E-state index in [0.717, 1.165) is 57.8 Å².